The van der Waals surface area contributed by atoms with Gasteiger partial charge in [0.05, 0.1) is 10.5 Å². The lowest BCUT2D eigenvalue weighted by Gasteiger charge is -1.98. The molecule has 0 aliphatic carbocycles. The molecule has 63 valence electrons. The van der Waals surface area contributed by atoms with Crippen LogP contribution in [0.25, 0.3) is 0 Å². The van der Waals surface area contributed by atoms with Gasteiger partial charge in [0.15, 0.2) is 0 Å². The van der Waals surface area contributed by atoms with Crippen LogP contribution in [0, 0.1) is 28.5 Å². The highest BCUT2D eigenvalue weighted by atomic mass is 16.6. The van der Waals surface area contributed by atoms with Crippen molar-refractivity contribution in [3.63, 3.8) is 0 Å². The lowest BCUT2D eigenvalue weighted by atomic mass is 10.1. The standard InChI is InChI=1S/C10H6NO2/c1-3-8-6-5-7-9(4-2)10(8)11(12)13/h1,5-7H,2H2. The average Bonchev–Trinajstić information content (AvgIpc) is 2.16. The van der Waals surface area contributed by atoms with Crippen molar-refractivity contribution in [1.29, 1.82) is 0 Å². The fourth-order valence-electron chi connectivity index (χ4n) is 0.999. The molecule has 0 bridgehead atoms. The highest BCUT2D eigenvalue weighted by Crippen LogP contribution is 2.22. The lowest BCUT2D eigenvalue weighted by molar-refractivity contribution is -0.385. The summed E-state index contributed by atoms with van der Waals surface area (Å²) in [5.41, 5.74) is 0.458. The van der Waals surface area contributed by atoms with E-state index in [4.69, 9.17) is 6.42 Å². The molecule has 0 fully saturated rings. The summed E-state index contributed by atoms with van der Waals surface area (Å²) in [6, 6.07) is 4.70. The molecule has 3 heteroatoms. The highest BCUT2D eigenvalue weighted by molar-refractivity contribution is 5.56. The number of hydrogen-bond acceptors (Lipinski definition) is 2. The molecule has 0 aromatic heterocycles. The molecule has 0 unspecified atom stereocenters. The predicted molar refractivity (Wildman–Crippen MR) is 49.0 cm³/mol. The topological polar surface area (TPSA) is 43.1 Å². The van der Waals surface area contributed by atoms with Crippen LogP contribution in [0.3, 0.4) is 0 Å². The van der Waals surface area contributed by atoms with Crippen LogP contribution in [0.15, 0.2) is 24.8 Å². The second kappa shape index (κ2) is 3.55. The molecule has 0 N–H and O–H groups in total. The van der Waals surface area contributed by atoms with Crippen molar-refractivity contribution >= 4 is 5.69 Å². The maximum atomic E-state index is 10.6. The molecule has 0 amide bonds. The molecular formula is C10H6NO2. The quantitative estimate of drug-likeness (QED) is 0.388. The van der Waals surface area contributed by atoms with E-state index in [1.165, 1.54) is 6.07 Å². The molecule has 0 aliphatic rings. The van der Waals surface area contributed by atoms with Gasteiger partial charge in [-0.25, -0.2) is 0 Å². The molecule has 0 saturated heterocycles. The first-order valence-corrected chi connectivity index (χ1v) is 3.48. The summed E-state index contributed by atoms with van der Waals surface area (Å²) in [6.45, 7) is 3.35. The van der Waals surface area contributed by atoms with Gasteiger partial charge in [0, 0.05) is 0 Å². The molecule has 0 spiro atoms. The minimum Gasteiger partial charge on any atom is -0.258 e. The van der Waals surface area contributed by atoms with Crippen LogP contribution in [-0.2, 0) is 0 Å². The Morgan fingerprint density at radius 3 is 2.54 bits per heavy atom. The molecule has 0 heterocycles. The molecule has 1 aromatic carbocycles. The molecule has 0 saturated carbocycles. The summed E-state index contributed by atoms with van der Waals surface area (Å²) in [5, 5.41) is 10.6. The van der Waals surface area contributed by atoms with Gasteiger partial charge in [-0.05, 0) is 18.2 Å². The third kappa shape index (κ3) is 1.57. The SMILES string of the molecule is C#Cc1cccc([C]=C)c1[N+](=O)[O-]. The van der Waals surface area contributed by atoms with Crippen LogP contribution >= 0.6 is 0 Å². The molecule has 1 rings (SSSR count). The molecule has 1 radical (unpaired) electrons. The fraction of sp³-hybridized carbons (Fsp3) is 0. The van der Waals surface area contributed by atoms with Crippen LogP contribution in [0.2, 0.25) is 0 Å². The van der Waals surface area contributed by atoms with Crippen LogP contribution < -0.4 is 0 Å². The average molecular weight is 172 g/mol. The second-order valence-corrected chi connectivity index (χ2v) is 2.28. The number of terminal acetylenes is 1. The fourth-order valence-corrected chi connectivity index (χ4v) is 0.999. The van der Waals surface area contributed by atoms with Gasteiger partial charge >= 0.3 is 0 Å². The van der Waals surface area contributed by atoms with Crippen LogP contribution in [0.5, 0.6) is 0 Å². The summed E-state index contributed by atoms with van der Waals surface area (Å²) in [6.07, 6.45) is 7.57. The normalized spacial score (nSPS) is 8.85. The zero-order valence-corrected chi connectivity index (χ0v) is 6.78. The zero-order chi connectivity index (χ0) is 9.84. The van der Waals surface area contributed by atoms with Gasteiger partial charge in [-0.3, -0.25) is 10.1 Å². The van der Waals surface area contributed by atoms with E-state index in [2.05, 4.69) is 18.6 Å². The lowest BCUT2D eigenvalue weighted by Crippen LogP contribution is -1.95. The number of benzene rings is 1. The van der Waals surface area contributed by atoms with Crippen molar-refractivity contribution in [3.05, 3.63) is 52.1 Å². The van der Waals surface area contributed by atoms with E-state index in [0.717, 1.165) is 0 Å². The van der Waals surface area contributed by atoms with E-state index in [0.29, 0.717) is 5.56 Å². The van der Waals surface area contributed by atoms with E-state index in [1.807, 2.05) is 0 Å². The summed E-state index contributed by atoms with van der Waals surface area (Å²) in [4.78, 5) is 10.1. The Kier molecular flexibility index (Phi) is 2.46. The predicted octanol–water partition coefficient (Wildman–Crippen LogP) is 1.91. The van der Waals surface area contributed by atoms with E-state index in [9.17, 15) is 10.1 Å². The maximum absolute atomic E-state index is 10.6. The van der Waals surface area contributed by atoms with E-state index < -0.39 is 4.92 Å². The van der Waals surface area contributed by atoms with Gasteiger partial charge < -0.3 is 0 Å². The van der Waals surface area contributed by atoms with Crippen LogP contribution in [0.4, 0.5) is 5.69 Å². The van der Waals surface area contributed by atoms with Gasteiger partial charge in [0.1, 0.15) is 5.56 Å². The van der Waals surface area contributed by atoms with Crippen LogP contribution in [-0.4, -0.2) is 4.92 Å². The maximum Gasteiger partial charge on any atom is 0.292 e. The van der Waals surface area contributed by atoms with Crippen molar-refractivity contribution in [2.45, 2.75) is 0 Å². The summed E-state index contributed by atoms with van der Waals surface area (Å²) in [5.74, 6) is 2.24. The largest absolute Gasteiger partial charge is 0.292 e. The van der Waals surface area contributed by atoms with Crippen molar-refractivity contribution in [2.24, 2.45) is 0 Å². The summed E-state index contributed by atoms with van der Waals surface area (Å²) in [7, 11) is 0. The minimum atomic E-state index is -0.525. The highest BCUT2D eigenvalue weighted by Gasteiger charge is 2.15. The van der Waals surface area contributed by atoms with E-state index in [-0.39, 0.29) is 11.3 Å². The molecule has 0 aliphatic heterocycles. The third-order valence-electron chi connectivity index (χ3n) is 1.56. The Morgan fingerprint density at radius 1 is 1.46 bits per heavy atom. The Bertz CT molecular complexity index is 402. The monoisotopic (exact) mass is 172 g/mol. The van der Waals surface area contributed by atoms with Gasteiger partial charge in [-0.15, -0.1) is 6.42 Å². The van der Waals surface area contributed by atoms with E-state index in [1.54, 1.807) is 12.1 Å². The second-order valence-electron chi connectivity index (χ2n) is 2.28. The van der Waals surface area contributed by atoms with Crippen molar-refractivity contribution in [2.75, 3.05) is 0 Å². The first-order chi connectivity index (χ1) is 6.20. The molecule has 0 atom stereocenters. The van der Waals surface area contributed by atoms with E-state index >= 15 is 0 Å². The number of nitrogens with zero attached hydrogens (tertiary/aromatic N) is 1. The molecule has 13 heavy (non-hydrogen) atoms. The Morgan fingerprint density at radius 2 is 2.08 bits per heavy atom. The molecule has 3 nitrogen and oxygen atoms in total. The number of para-hydroxylation sites is 1. The van der Waals surface area contributed by atoms with Gasteiger partial charge in [0.2, 0.25) is 0 Å². The number of nitro benzene ring substituents is 1. The van der Waals surface area contributed by atoms with Crippen molar-refractivity contribution < 1.29 is 4.92 Å². The summed E-state index contributed by atoms with van der Waals surface area (Å²) < 4.78 is 0. The van der Waals surface area contributed by atoms with Gasteiger partial charge in [-0.1, -0.05) is 18.6 Å². The zero-order valence-electron chi connectivity index (χ0n) is 6.78. The van der Waals surface area contributed by atoms with Gasteiger partial charge in [-0.2, -0.15) is 0 Å². The molecular weight excluding hydrogens is 166 g/mol. The van der Waals surface area contributed by atoms with Gasteiger partial charge in [0.25, 0.3) is 5.69 Å². The number of hydrogen-bond donors (Lipinski definition) is 0. The Hall–Kier alpha value is -2.08. The number of nitro groups is 1. The third-order valence-corrected chi connectivity index (χ3v) is 1.56. The first-order valence-electron chi connectivity index (χ1n) is 3.48. The Labute approximate surface area is 75.9 Å². The first kappa shape index (κ1) is 9.01. The van der Waals surface area contributed by atoms with Crippen molar-refractivity contribution in [1.82, 2.24) is 0 Å². The van der Waals surface area contributed by atoms with Crippen molar-refractivity contribution in [3.8, 4) is 12.3 Å². The molecule has 1 aromatic rings. The Balaban J connectivity index is 3.49. The number of rotatable bonds is 2. The van der Waals surface area contributed by atoms with Crippen LogP contribution in [0.1, 0.15) is 11.1 Å². The summed E-state index contributed by atoms with van der Waals surface area (Å²) >= 11 is 0. The minimum absolute atomic E-state index is 0.111. The smallest absolute Gasteiger partial charge is 0.258 e.